The molecule has 0 radical (unpaired) electrons. The monoisotopic (exact) mass is 525 g/mol. The highest BCUT2D eigenvalue weighted by molar-refractivity contribution is 5.71. The number of para-hydroxylation sites is 1. The van der Waals surface area contributed by atoms with E-state index in [0.29, 0.717) is 31.0 Å². The predicted molar refractivity (Wildman–Crippen MR) is 138 cm³/mol. The maximum absolute atomic E-state index is 13.4. The summed E-state index contributed by atoms with van der Waals surface area (Å²) in [5, 5.41) is 8.16. The molecule has 1 saturated heterocycles. The van der Waals surface area contributed by atoms with Gasteiger partial charge in [0.2, 0.25) is 0 Å². The Labute approximate surface area is 219 Å². The molecule has 0 saturated carbocycles. The molecule has 10 heteroatoms. The highest BCUT2D eigenvalue weighted by Crippen LogP contribution is 2.43. The van der Waals surface area contributed by atoms with Crippen molar-refractivity contribution in [2.24, 2.45) is 0 Å². The summed E-state index contributed by atoms with van der Waals surface area (Å²) in [6.07, 6.45) is -1.63. The van der Waals surface area contributed by atoms with Gasteiger partial charge in [0.15, 0.2) is 12.4 Å². The lowest BCUT2D eigenvalue weighted by Gasteiger charge is -2.37. The number of alkyl halides is 3. The molecule has 1 aromatic heterocycles. The van der Waals surface area contributed by atoms with Crippen LogP contribution in [0.3, 0.4) is 0 Å². The number of rotatable bonds is 5. The summed E-state index contributed by atoms with van der Waals surface area (Å²) in [5.74, 6) is 2.49. The van der Waals surface area contributed by atoms with Crippen molar-refractivity contribution < 1.29 is 22.6 Å². The van der Waals surface area contributed by atoms with Gasteiger partial charge in [0, 0.05) is 36.0 Å². The number of nitrogens with zero attached hydrogens (tertiary/aromatic N) is 4. The summed E-state index contributed by atoms with van der Waals surface area (Å²) in [7, 11) is 0. The number of likely N-dealkylation sites (tertiary alicyclic amines) is 1. The number of anilines is 2. The Morgan fingerprint density at radius 3 is 2.47 bits per heavy atom. The first-order chi connectivity index (χ1) is 18.1. The number of halogens is 3. The maximum atomic E-state index is 13.4. The van der Waals surface area contributed by atoms with Crippen LogP contribution in [0.5, 0.6) is 11.5 Å². The lowest BCUT2D eigenvalue weighted by Crippen LogP contribution is -2.51. The van der Waals surface area contributed by atoms with Crippen LogP contribution in [0, 0.1) is 5.41 Å². The van der Waals surface area contributed by atoms with E-state index in [1.807, 2.05) is 54.6 Å². The van der Waals surface area contributed by atoms with E-state index in [2.05, 4.69) is 23.7 Å². The largest absolute Gasteiger partial charge is 0.457 e. The van der Waals surface area contributed by atoms with Crippen LogP contribution in [0.25, 0.3) is 0 Å². The fourth-order valence-corrected chi connectivity index (χ4v) is 4.98. The van der Waals surface area contributed by atoms with E-state index in [4.69, 9.17) is 19.9 Å². The van der Waals surface area contributed by atoms with Crippen molar-refractivity contribution in [2.45, 2.75) is 57.3 Å². The molecule has 0 aliphatic carbocycles. The third-order valence-electron chi connectivity index (χ3n) is 6.96. The summed E-state index contributed by atoms with van der Waals surface area (Å²) in [5.41, 5.74) is 1.68. The first-order valence-electron chi connectivity index (χ1n) is 12.6. The molecule has 200 valence electrons. The van der Waals surface area contributed by atoms with Gasteiger partial charge in [-0.3, -0.25) is 5.41 Å². The van der Waals surface area contributed by atoms with E-state index in [1.54, 1.807) is 6.20 Å². The van der Waals surface area contributed by atoms with Crippen molar-refractivity contribution in [2.75, 3.05) is 18.0 Å². The number of hydrogen-bond donors (Lipinski definition) is 1. The number of benzene rings is 2. The van der Waals surface area contributed by atoms with Gasteiger partial charge in [-0.25, -0.2) is 9.97 Å². The van der Waals surface area contributed by atoms with E-state index in [-0.39, 0.29) is 25.0 Å². The molecule has 0 bridgehead atoms. The molecule has 2 aromatic carbocycles. The molecule has 5 rings (SSSR count). The third-order valence-corrected chi connectivity index (χ3v) is 6.96. The highest BCUT2D eigenvalue weighted by atomic mass is 19.4. The summed E-state index contributed by atoms with van der Waals surface area (Å²) in [6, 6.07) is 15.1. The molecule has 0 amide bonds. The second-order valence-electron chi connectivity index (χ2n) is 10.2. The molecule has 7 nitrogen and oxygen atoms in total. The zero-order chi connectivity index (χ0) is 26.9. The quantitative estimate of drug-likeness (QED) is 0.300. The number of piperidine rings is 1. The number of nitrogens with one attached hydrogen (secondary N) is 1. The van der Waals surface area contributed by atoms with E-state index in [9.17, 15) is 13.2 Å². The first kappa shape index (κ1) is 25.8. The van der Waals surface area contributed by atoms with E-state index < -0.39 is 18.2 Å². The van der Waals surface area contributed by atoms with Crippen LogP contribution in [0.1, 0.15) is 44.5 Å². The van der Waals surface area contributed by atoms with Gasteiger partial charge < -0.3 is 19.3 Å². The maximum Gasteiger partial charge on any atom is 0.408 e. The number of amidine groups is 1. The Kier molecular flexibility index (Phi) is 6.90. The minimum atomic E-state index is -4.41. The van der Waals surface area contributed by atoms with Crippen LogP contribution in [-0.4, -0.2) is 46.2 Å². The molecule has 1 N–H and O–H groups in total. The fraction of sp³-hybridized carbons (Fsp3) is 0.393. The molecule has 2 aliphatic heterocycles. The van der Waals surface area contributed by atoms with Crippen molar-refractivity contribution in [1.82, 2.24) is 14.9 Å². The number of aromatic nitrogens is 2. The minimum Gasteiger partial charge on any atom is -0.457 e. The van der Waals surface area contributed by atoms with Crippen molar-refractivity contribution >= 4 is 17.5 Å². The zero-order valence-corrected chi connectivity index (χ0v) is 21.3. The topological polar surface area (TPSA) is 74.6 Å². The van der Waals surface area contributed by atoms with Crippen molar-refractivity contribution in [1.29, 1.82) is 5.41 Å². The second kappa shape index (κ2) is 10.2. The highest BCUT2D eigenvalue weighted by Gasteiger charge is 2.46. The Hall–Kier alpha value is -3.82. The van der Waals surface area contributed by atoms with Gasteiger partial charge in [0.1, 0.15) is 23.4 Å². The average molecular weight is 526 g/mol. The normalized spacial score (nSPS) is 18.7. The minimum absolute atomic E-state index is 0.0379. The Morgan fingerprint density at radius 2 is 1.76 bits per heavy atom. The van der Waals surface area contributed by atoms with Crippen molar-refractivity contribution in [3.63, 3.8) is 0 Å². The molecule has 2 aliphatic rings. The van der Waals surface area contributed by atoms with Crippen LogP contribution in [0.4, 0.5) is 24.7 Å². The zero-order valence-electron chi connectivity index (χ0n) is 21.3. The van der Waals surface area contributed by atoms with Gasteiger partial charge >= 0.3 is 6.18 Å². The molecule has 1 atom stereocenters. The fourth-order valence-electron chi connectivity index (χ4n) is 4.98. The van der Waals surface area contributed by atoms with E-state index >= 15 is 0 Å². The molecular weight excluding hydrogens is 495 g/mol. The summed E-state index contributed by atoms with van der Waals surface area (Å²) in [6.45, 7) is 4.85. The third kappa shape index (κ3) is 5.39. The second-order valence-corrected chi connectivity index (χ2v) is 10.2. The van der Waals surface area contributed by atoms with Gasteiger partial charge in [-0.1, -0.05) is 32.0 Å². The molecule has 3 aromatic rings. The molecule has 1 unspecified atom stereocenters. The van der Waals surface area contributed by atoms with Crippen molar-refractivity contribution in [3.8, 4) is 11.5 Å². The first-order valence-corrected chi connectivity index (χ1v) is 12.6. The number of ether oxygens (including phenoxy) is 2. The van der Waals surface area contributed by atoms with E-state index in [0.717, 1.165) is 27.7 Å². The standard InChI is InChI=1S/C28H30F3N5O2/c1-27(2)18-36(19-11-13-21(14-12-19)38-20-8-4-3-5-9-20)25-22(27)16-33-24(34-25)17-37-26(32)35-15-7-6-10-23(35)28(29,30)31/h3-5,8-9,11-14,16,23,32H,6-7,10,15,17-18H2,1-2H3. The Balaban J connectivity index is 1.31. The summed E-state index contributed by atoms with van der Waals surface area (Å²) >= 11 is 0. The van der Waals surface area contributed by atoms with Crippen molar-refractivity contribution in [3.05, 3.63) is 72.2 Å². The smallest absolute Gasteiger partial charge is 0.408 e. The van der Waals surface area contributed by atoms with Gasteiger partial charge in [-0.15, -0.1) is 0 Å². The van der Waals surface area contributed by atoms with Gasteiger partial charge in [0.05, 0.1) is 0 Å². The molecule has 3 heterocycles. The SMILES string of the molecule is CC1(C)CN(c2ccc(Oc3ccccc3)cc2)c2nc(COC(=N)N3CCCCC3C(F)(F)F)ncc21. The predicted octanol–water partition coefficient (Wildman–Crippen LogP) is 6.57. The number of hydrogen-bond acceptors (Lipinski definition) is 6. The molecule has 1 fully saturated rings. The lowest BCUT2D eigenvalue weighted by atomic mass is 9.89. The lowest BCUT2D eigenvalue weighted by molar-refractivity contribution is -0.182. The van der Waals surface area contributed by atoms with Crippen LogP contribution < -0.4 is 9.64 Å². The summed E-state index contributed by atoms with van der Waals surface area (Å²) < 4.78 is 51.7. The van der Waals surface area contributed by atoms with E-state index in [1.165, 1.54) is 0 Å². The molecule has 38 heavy (non-hydrogen) atoms. The van der Waals surface area contributed by atoms with Gasteiger partial charge in [0.25, 0.3) is 6.02 Å². The van der Waals surface area contributed by atoms with Crippen LogP contribution >= 0.6 is 0 Å². The molecular formula is C28H30F3N5O2. The van der Waals surface area contributed by atoms with Crippen LogP contribution in [0.15, 0.2) is 60.8 Å². The molecule has 0 spiro atoms. The van der Waals surface area contributed by atoms with Gasteiger partial charge in [-0.2, -0.15) is 13.2 Å². The number of fused-ring (bicyclic) bond motifs is 1. The average Bonchev–Trinajstić information content (AvgIpc) is 3.18. The Morgan fingerprint density at radius 1 is 1.05 bits per heavy atom. The van der Waals surface area contributed by atoms with Gasteiger partial charge in [-0.05, 0) is 55.7 Å². The Bertz CT molecular complexity index is 1280. The van der Waals surface area contributed by atoms with Crippen LogP contribution in [-0.2, 0) is 16.8 Å². The summed E-state index contributed by atoms with van der Waals surface area (Å²) in [4.78, 5) is 12.2. The van der Waals surface area contributed by atoms with Crippen LogP contribution in [0.2, 0.25) is 0 Å².